The van der Waals surface area contributed by atoms with Gasteiger partial charge in [0, 0.05) is 19.5 Å². The quantitative estimate of drug-likeness (QED) is 0.156. The summed E-state index contributed by atoms with van der Waals surface area (Å²) in [4.78, 5) is 30.1. The number of hydrogen-bond donors (Lipinski definition) is 1. The fraction of sp³-hybridized carbons (Fsp3) is 0.316. The van der Waals surface area contributed by atoms with Gasteiger partial charge in [0.05, 0.1) is 10.6 Å². The Labute approximate surface area is 274 Å². The Morgan fingerprint density at radius 3 is 1.98 bits per heavy atom. The van der Waals surface area contributed by atoms with Crippen LogP contribution in [0.25, 0.3) is 0 Å². The molecule has 2 amide bonds. The smallest absolute Gasteiger partial charge is 0.264 e. The molecule has 7 nitrogen and oxygen atoms in total. The third-order valence-electron chi connectivity index (χ3n) is 8.08. The Balaban J connectivity index is 1.81. The van der Waals surface area contributed by atoms with Gasteiger partial charge >= 0.3 is 0 Å². The zero-order chi connectivity index (χ0) is 33.3. The summed E-state index contributed by atoms with van der Waals surface area (Å²) in [5.74, 6) is -0.736. The molecule has 0 bridgehead atoms. The molecule has 0 saturated heterocycles. The summed E-state index contributed by atoms with van der Waals surface area (Å²) in [7, 11) is -4.15. The van der Waals surface area contributed by atoms with Crippen molar-refractivity contribution in [1.29, 1.82) is 0 Å². The van der Waals surface area contributed by atoms with Crippen molar-refractivity contribution in [2.75, 3.05) is 17.4 Å². The Morgan fingerprint density at radius 1 is 0.761 bits per heavy atom. The highest BCUT2D eigenvalue weighted by molar-refractivity contribution is 7.92. The summed E-state index contributed by atoms with van der Waals surface area (Å²) in [6, 6.07) is 28.6. The van der Waals surface area contributed by atoms with E-state index in [-0.39, 0.29) is 23.8 Å². The highest BCUT2D eigenvalue weighted by atomic mass is 32.2. The number of amides is 2. The van der Waals surface area contributed by atoms with Gasteiger partial charge in [0.25, 0.3) is 10.0 Å². The minimum Gasteiger partial charge on any atom is -0.354 e. The number of rotatable bonds is 14. The number of nitrogens with one attached hydrogen (secondary N) is 1. The van der Waals surface area contributed by atoms with Gasteiger partial charge in [-0.25, -0.2) is 8.42 Å². The maximum Gasteiger partial charge on any atom is 0.264 e. The topological polar surface area (TPSA) is 86.8 Å². The number of unbranched alkanes of at least 4 members (excludes halogenated alkanes) is 1. The van der Waals surface area contributed by atoms with Gasteiger partial charge in [-0.1, -0.05) is 109 Å². The van der Waals surface area contributed by atoms with E-state index in [1.165, 1.54) is 4.31 Å². The predicted molar refractivity (Wildman–Crippen MR) is 185 cm³/mol. The molecule has 4 aromatic carbocycles. The zero-order valence-corrected chi connectivity index (χ0v) is 28.3. The molecule has 4 rings (SSSR count). The van der Waals surface area contributed by atoms with Crippen LogP contribution in [0.3, 0.4) is 0 Å². The van der Waals surface area contributed by atoms with E-state index in [9.17, 15) is 18.0 Å². The largest absolute Gasteiger partial charge is 0.354 e. The van der Waals surface area contributed by atoms with Gasteiger partial charge in [0.1, 0.15) is 12.6 Å². The van der Waals surface area contributed by atoms with Crippen LogP contribution in [0.5, 0.6) is 0 Å². The number of sulfonamides is 1. The van der Waals surface area contributed by atoms with E-state index in [1.54, 1.807) is 35.2 Å². The van der Waals surface area contributed by atoms with Gasteiger partial charge in [-0.2, -0.15) is 0 Å². The molecule has 0 radical (unpaired) electrons. The summed E-state index contributed by atoms with van der Waals surface area (Å²) < 4.78 is 29.7. The zero-order valence-electron chi connectivity index (χ0n) is 27.5. The second kappa shape index (κ2) is 15.7. The van der Waals surface area contributed by atoms with Crippen LogP contribution >= 0.6 is 0 Å². The lowest BCUT2D eigenvalue weighted by molar-refractivity contribution is -0.140. The molecule has 0 saturated carbocycles. The lowest BCUT2D eigenvalue weighted by Gasteiger charge is -2.34. The molecule has 0 spiro atoms. The van der Waals surface area contributed by atoms with Crippen molar-refractivity contribution in [3.63, 3.8) is 0 Å². The average molecular weight is 640 g/mol. The van der Waals surface area contributed by atoms with E-state index in [2.05, 4.69) is 12.2 Å². The third kappa shape index (κ3) is 8.85. The van der Waals surface area contributed by atoms with Crippen LogP contribution < -0.4 is 9.62 Å². The lowest BCUT2D eigenvalue weighted by atomic mass is 10.0. The van der Waals surface area contributed by atoms with Crippen LogP contribution in [0.15, 0.2) is 102 Å². The minimum atomic E-state index is -4.15. The summed E-state index contributed by atoms with van der Waals surface area (Å²) >= 11 is 0. The van der Waals surface area contributed by atoms with Gasteiger partial charge < -0.3 is 10.2 Å². The van der Waals surface area contributed by atoms with Crippen molar-refractivity contribution in [3.8, 4) is 0 Å². The van der Waals surface area contributed by atoms with E-state index in [0.29, 0.717) is 12.2 Å². The van der Waals surface area contributed by atoms with Gasteiger partial charge in [0.15, 0.2) is 0 Å². The van der Waals surface area contributed by atoms with E-state index < -0.39 is 28.5 Å². The Bertz CT molecular complexity index is 1720. The Morgan fingerprint density at radius 2 is 1.37 bits per heavy atom. The van der Waals surface area contributed by atoms with E-state index in [4.69, 9.17) is 0 Å². The Hall–Kier alpha value is -4.43. The number of aryl methyl sites for hydroxylation is 4. The molecule has 0 aliphatic heterocycles. The van der Waals surface area contributed by atoms with E-state index in [0.717, 1.165) is 46.2 Å². The lowest BCUT2D eigenvalue weighted by Crippen LogP contribution is -2.53. The van der Waals surface area contributed by atoms with Crippen LogP contribution in [0.2, 0.25) is 0 Å². The van der Waals surface area contributed by atoms with Crippen molar-refractivity contribution in [3.05, 3.63) is 130 Å². The standard InChI is InChI=1S/C38H45N3O4S/c1-6-7-23-39-38(43)36(25-32-11-9-8-10-12-32)40(26-33-18-13-28(2)14-19-33)37(42)27-41(35-22-17-30(4)24-31(35)5)46(44,45)34-20-15-29(3)16-21-34/h8-22,24,36H,6-7,23,25-27H2,1-5H3,(H,39,43). The van der Waals surface area contributed by atoms with Gasteiger partial charge in [-0.05, 0) is 69.0 Å². The fourth-order valence-electron chi connectivity index (χ4n) is 5.39. The molecule has 0 aromatic heterocycles. The van der Waals surface area contributed by atoms with Crippen molar-refractivity contribution >= 4 is 27.5 Å². The van der Waals surface area contributed by atoms with Gasteiger partial charge in [0.2, 0.25) is 11.8 Å². The second-order valence-corrected chi connectivity index (χ2v) is 13.8. The normalized spacial score (nSPS) is 11.9. The molecule has 1 unspecified atom stereocenters. The van der Waals surface area contributed by atoms with Crippen molar-refractivity contribution in [2.45, 2.75) is 71.4 Å². The van der Waals surface area contributed by atoms with Crippen LogP contribution in [-0.2, 0) is 32.6 Å². The summed E-state index contributed by atoms with van der Waals surface area (Å²) in [6.07, 6.45) is 2.01. The second-order valence-electron chi connectivity index (χ2n) is 12.0. The van der Waals surface area contributed by atoms with E-state index in [1.807, 2.05) is 94.4 Å². The molecule has 8 heteroatoms. The average Bonchev–Trinajstić information content (AvgIpc) is 3.03. The molecule has 0 fully saturated rings. The highest BCUT2D eigenvalue weighted by Crippen LogP contribution is 2.29. The predicted octanol–water partition coefficient (Wildman–Crippen LogP) is 6.67. The number of carbonyl (C=O) groups is 2. The first-order valence-electron chi connectivity index (χ1n) is 15.8. The first kappa shape index (κ1) is 34.4. The van der Waals surface area contributed by atoms with Crippen molar-refractivity contribution in [2.24, 2.45) is 0 Å². The maximum atomic E-state index is 14.6. The molecule has 242 valence electrons. The fourth-order valence-corrected chi connectivity index (χ4v) is 6.87. The molecular formula is C38H45N3O4S. The molecule has 0 aliphatic carbocycles. The molecule has 4 aromatic rings. The third-order valence-corrected chi connectivity index (χ3v) is 9.86. The van der Waals surface area contributed by atoms with Crippen LogP contribution in [0.4, 0.5) is 5.69 Å². The Kier molecular flexibility index (Phi) is 11.8. The van der Waals surface area contributed by atoms with Gasteiger partial charge in [-0.3, -0.25) is 13.9 Å². The molecule has 46 heavy (non-hydrogen) atoms. The molecule has 0 aliphatic rings. The highest BCUT2D eigenvalue weighted by Gasteiger charge is 2.35. The summed E-state index contributed by atoms with van der Waals surface area (Å²) in [6.45, 7) is 9.87. The first-order chi connectivity index (χ1) is 22.0. The van der Waals surface area contributed by atoms with Gasteiger partial charge in [-0.15, -0.1) is 0 Å². The minimum absolute atomic E-state index is 0.0918. The van der Waals surface area contributed by atoms with Crippen molar-refractivity contribution in [1.82, 2.24) is 10.2 Å². The first-order valence-corrected chi connectivity index (χ1v) is 17.3. The number of benzene rings is 4. The van der Waals surface area contributed by atoms with Crippen LogP contribution in [0, 0.1) is 27.7 Å². The maximum absolute atomic E-state index is 14.6. The summed E-state index contributed by atoms with van der Waals surface area (Å²) in [5.41, 5.74) is 5.87. The number of hydrogen-bond acceptors (Lipinski definition) is 4. The van der Waals surface area contributed by atoms with Crippen LogP contribution in [0.1, 0.15) is 53.1 Å². The van der Waals surface area contributed by atoms with E-state index >= 15 is 0 Å². The number of anilines is 1. The monoisotopic (exact) mass is 639 g/mol. The SMILES string of the molecule is CCCCNC(=O)C(Cc1ccccc1)N(Cc1ccc(C)cc1)C(=O)CN(c1ccc(C)cc1C)S(=O)(=O)c1ccc(C)cc1. The van der Waals surface area contributed by atoms with Crippen LogP contribution in [-0.4, -0.2) is 44.3 Å². The molecule has 1 N–H and O–H groups in total. The summed E-state index contributed by atoms with van der Waals surface area (Å²) in [5, 5.41) is 3.03. The van der Waals surface area contributed by atoms with Crippen molar-refractivity contribution < 1.29 is 18.0 Å². The molecule has 1 atom stereocenters. The number of nitrogens with zero attached hydrogens (tertiary/aromatic N) is 2. The molecule has 0 heterocycles. The molecular weight excluding hydrogens is 595 g/mol. The number of carbonyl (C=O) groups excluding carboxylic acids is 2.